The first-order valence-corrected chi connectivity index (χ1v) is 5.80. The highest BCUT2D eigenvalue weighted by atomic mass is 19.2. The summed E-state index contributed by atoms with van der Waals surface area (Å²) in [4.78, 5) is 0. The van der Waals surface area contributed by atoms with Crippen molar-refractivity contribution in [2.24, 2.45) is 5.92 Å². The molecule has 94 valence electrons. The molecule has 17 heavy (non-hydrogen) atoms. The minimum absolute atomic E-state index is 0.0417. The number of aliphatic hydroxyl groups is 1. The summed E-state index contributed by atoms with van der Waals surface area (Å²) in [5, 5.41) is 9.91. The summed E-state index contributed by atoms with van der Waals surface area (Å²) >= 11 is 0. The van der Waals surface area contributed by atoms with Gasteiger partial charge in [0.1, 0.15) is 0 Å². The molecule has 4 heteroatoms. The van der Waals surface area contributed by atoms with E-state index in [4.69, 9.17) is 4.74 Å². The molecule has 1 aromatic rings. The summed E-state index contributed by atoms with van der Waals surface area (Å²) in [6, 6.07) is 2.94. The minimum Gasteiger partial charge on any atom is -0.388 e. The molecule has 1 aliphatic heterocycles. The molecule has 2 nitrogen and oxygen atoms in total. The maximum absolute atomic E-state index is 13.6. The van der Waals surface area contributed by atoms with Crippen molar-refractivity contribution >= 4 is 0 Å². The number of aliphatic hydroxyl groups excluding tert-OH is 1. The molecule has 2 atom stereocenters. The van der Waals surface area contributed by atoms with E-state index in [1.165, 1.54) is 19.1 Å². The Morgan fingerprint density at radius 1 is 1.41 bits per heavy atom. The van der Waals surface area contributed by atoms with Crippen LogP contribution in [0.2, 0.25) is 0 Å². The van der Waals surface area contributed by atoms with Crippen LogP contribution < -0.4 is 0 Å². The molecule has 1 N–H and O–H groups in total. The monoisotopic (exact) mass is 242 g/mol. The normalized spacial score (nSPS) is 21.8. The van der Waals surface area contributed by atoms with Gasteiger partial charge in [-0.15, -0.1) is 0 Å². The summed E-state index contributed by atoms with van der Waals surface area (Å²) in [6.45, 7) is 2.77. The van der Waals surface area contributed by atoms with Crippen LogP contribution >= 0.6 is 0 Å². The molecule has 0 aliphatic carbocycles. The molecule has 0 bridgehead atoms. The number of hydrogen-bond acceptors (Lipinski definition) is 2. The number of aryl methyl sites for hydroxylation is 1. The van der Waals surface area contributed by atoms with Crippen molar-refractivity contribution < 1.29 is 18.6 Å². The molecule has 1 saturated heterocycles. The molecular weight excluding hydrogens is 226 g/mol. The molecule has 1 heterocycles. The third kappa shape index (κ3) is 2.64. The smallest absolute Gasteiger partial charge is 0.164 e. The summed E-state index contributed by atoms with van der Waals surface area (Å²) in [5.74, 6) is -1.57. The van der Waals surface area contributed by atoms with Gasteiger partial charge in [-0.3, -0.25) is 0 Å². The van der Waals surface area contributed by atoms with Crippen molar-refractivity contribution in [2.45, 2.75) is 25.9 Å². The van der Waals surface area contributed by atoms with Crippen molar-refractivity contribution in [1.82, 2.24) is 0 Å². The molecule has 1 aromatic carbocycles. The minimum atomic E-state index is -0.961. The lowest BCUT2D eigenvalue weighted by Gasteiger charge is -2.16. The Labute approximate surface area is 99.2 Å². The molecule has 0 radical (unpaired) electrons. The Balaban J connectivity index is 2.13. The van der Waals surface area contributed by atoms with Crippen LogP contribution in [0.4, 0.5) is 8.78 Å². The summed E-state index contributed by atoms with van der Waals surface area (Å²) in [6.07, 6.45) is 0.323. The maximum Gasteiger partial charge on any atom is 0.164 e. The Kier molecular flexibility index (Phi) is 3.74. The molecule has 0 amide bonds. The number of hydrogen-bond donors (Lipinski definition) is 1. The molecule has 2 unspecified atom stereocenters. The number of ether oxygens (including phenoxy) is 1. The second kappa shape index (κ2) is 5.10. The van der Waals surface area contributed by atoms with Gasteiger partial charge in [0.25, 0.3) is 0 Å². The van der Waals surface area contributed by atoms with E-state index >= 15 is 0 Å². The highest BCUT2D eigenvalue weighted by Gasteiger charge is 2.23. The third-order valence-corrected chi connectivity index (χ3v) is 3.24. The zero-order valence-electron chi connectivity index (χ0n) is 9.75. The third-order valence-electron chi connectivity index (χ3n) is 3.24. The SMILES string of the molecule is Cc1ccc(C(O)CC2CCOC2)c(F)c1F. The fourth-order valence-corrected chi connectivity index (χ4v) is 2.13. The highest BCUT2D eigenvalue weighted by molar-refractivity contribution is 5.27. The van der Waals surface area contributed by atoms with Gasteiger partial charge in [-0.1, -0.05) is 12.1 Å². The lowest BCUT2D eigenvalue weighted by atomic mass is 9.95. The lowest BCUT2D eigenvalue weighted by Crippen LogP contribution is -2.10. The fraction of sp³-hybridized carbons (Fsp3) is 0.538. The quantitative estimate of drug-likeness (QED) is 0.883. The average Bonchev–Trinajstić information content (AvgIpc) is 2.78. The van der Waals surface area contributed by atoms with Crippen LogP contribution in [0.25, 0.3) is 0 Å². The molecule has 1 fully saturated rings. The van der Waals surface area contributed by atoms with Gasteiger partial charge in [0.15, 0.2) is 11.6 Å². The van der Waals surface area contributed by atoms with Crippen LogP contribution in [0.5, 0.6) is 0 Å². The van der Waals surface area contributed by atoms with E-state index in [0.29, 0.717) is 19.6 Å². The molecule has 0 spiro atoms. The standard InChI is InChI=1S/C13H16F2O2/c1-8-2-3-10(13(15)12(8)14)11(16)6-9-4-5-17-7-9/h2-3,9,11,16H,4-7H2,1H3. The number of rotatable bonds is 3. The molecule has 0 saturated carbocycles. The van der Waals surface area contributed by atoms with Gasteiger partial charge in [0.2, 0.25) is 0 Å². The van der Waals surface area contributed by atoms with Crippen molar-refractivity contribution in [3.05, 3.63) is 34.9 Å². The number of halogens is 2. The Morgan fingerprint density at radius 2 is 2.18 bits per heavy atom. The first-order chi connectivity index (χ1) is 8.09. The lowest BCUT2D eigenvalue weighted by molar-refractivity contribution is 0.126. The van der Waals surface area contributed by atoms with E-state index in [1.807, 2.05) is 0 Å². The van der Waals surface area contributed by atoms with Gasteiger partial charge < -0.3 is 9.84 Å². The van der Waals surface area contributed by atoms with Gasteiger partial charge >= 0.3 is 0 Å². The highest BCUT2D eigenvalue weighted by Crippen LogP contribution is 2.29. The predicted octanol–water partition coefficient (Wildman–Crippen LogP) is 2.73. The van der Waals surface area contributed by atoms with Gasteiger partial charge in [0, 0.05) is 18.8 Å². The molecule has 2 rings (SSSR count). The second-order valence-corrected chi connectivity index (χ2v) is 4.58. The van der Waals surface area contributed by atoms with Crippen LogP contribution in [0.3, 0.4) is 0 Å². The van der Waals surface area contributed by atoms with E-state index in [-0.39, 0.29) is 17.0 Å². The van der Waals surface area contributed by atoms with E-state index in [2.05, 4.69) is 0 Å². The van der Waals surface area contributed by atoms with E-state index < -0.39 is 17.7 Å². The Morgan fingerprint density at radius 3 is 2.82 bits per heavy atom. The van der Waals surface area contributed by atoms with Crippen molar-refractivity contribution in [3.63, 3.8) is 0 Å². The van der Waals surface area contributed by atoms with E-state index in [0.717, 1.165) is 6.42 Å². The first kappa shape index (κ1) is 12.5. The van der Waals surface area contributed by atoms with Crippen LogP contribution in [0, 0.1) is 24.5 Å². The maximum atomic E-state index is 13.6. The molecule has 0 aromatic heterocycles. The zero-order chi connectivity index (χ0) is 12.4. The first-order valence-electron chi connectivity index (χ1n) is 5.80. The summed E-state index contributed by atoms with van der Waals surface area (Å²) in [5.41, 5.74) is 0.294. The van der Waals surface area contributed by atoms with Gasteiger partial charge in [-0.05, 0) is 31.2 Å². The Bertz CT molecular complexity index is 401. The van der Waals surface area contributed by atoms with Crippen LogP contribution in [-0.2, 0) is 4.74 Å². The van der Waals surface area contributed by atoms with Crippen molar-refractivity contribution in [3.8, 4) is 0 Å². The second-order valence-electron chi connectivity index (χ2n) is 4.58. The largest absolute Gasteiger partial charge is 0.388 e. The van der Waals surface area contributed by atoms with E-state index in [9.17, 15) is 13.9 Å². The van der Waals surface area contributed by atoms with Crippen molar-refractivity contribution in [1.29, 1.82) is 0 Å². The van der Waals surface area contributed by atoms with Crippen LogP contribution in [0.15, 0.2) is 12.1 Å². The molecular formula is C13H16F2O2. The van der Waals surface area contributed by atoms with Gasteiger partial charge in [-0.2, -0.15) is 0 Å². The van der Waals surface area contributed by atoms with E-state index in [1.54, 1.807) is 0 Å². The van der Waals surface area contributed by atoms with Crippen LogP contribution in [0.1, 0.15) is 30.1 Å². The van der Waals surface area contributed by atoms with Gasteiger partial charge in [-0.25, -0.2) is 8.78 Å². The summed E-state index contributed by atoms with van der Waals surface area (Å²) < 4.78 is 32.2. The zero-order valence-corrected chi connectivity index (χ0v) is 9.75. The van der Waals surface area contributed by atoms with Crippen LogP contribution in [-0.4, -0.2) is 18.3 Å². The fourth-order valence-electron chi connectivity index (χ4n) is 2.13. The van der Waals surface area contributed by atoms with Crippen molar-refractivity contribution in [2.75, 3.05) is 13.2 Å². The molecule has 1 aliphatic rings. The topological polar surface area (TPSA) is 29.5 Å². The summed E-state index contributed by atoms with van der Waals surface area (Å²) in [7, 11) is 0. The Hall–Kier alpha value is -1.00. The number of benzene rings is 1. The average molecular weight is 242 g/mol. The van der Waals surface area contributed by atoms with Gasteiger partial charge in [0.05, 0.1) is 6.10 Å². The predicted molar refractivity (Wildman–Crippen MR) is 59.6 cm³/mol.